The van der Waals surface area contributed by atoms with Gasteiger partial charge in [0, 0.05) is 43.3 Å². The van der Waals surface area contributed by atoms with Crippen LogP contribution in [-0.2, 0) is 6.54 Å². The van der Waals surface area contributed by atoms with Gasteiger partial charge >= 0.3 is 6.03 Å². The molecule has 0 radical (unpaired) electrons. The molecule has 154 valence electrons. The number of aryl methyl sites for hydroxylation is 1. The van der Waals surface area contributed by atoms with Crippen molar-refractivity contribution in [2.45, 2.75) is 13.5 Å². The Morgan fingerprint density at radius 2 is 1.63 bits per heavy atom. The molecular formula is C24H26N4O2. The first-order chi connectivity index (χ1) is 14.4. The van der Waals surface area contributed by atoms with Crippen LogP contribution in [0, 0.1) is 6.92 Å². The summed E-state index contributed by atoms with van der Waals surface area (Å²) < 4.78 is 0. The Kier molecular flexibility index (Phi) is 6.70. The molecule has 3 aromatic carbocycles. The van der Waals surface area contributed by atoms with Gasteiger partial charge in [-0.1, -0.05) is 36.4 Å². The fourth-order valence-corrected chi connectivity index (χ4v) is 2.92. The van der Waals surface area contributed by atoms with Gasteiger partial charge < -0.3 is 20.9 Å². The molecule has 0 aliphatic rings. The Balaban J connectivity index is 1.63. The maximum Gasteiger partial charge on any atom is 0.319 e. The second-order valence-electron chi connectivity index (χ2n) is 7.22. The molecule has 0 saturated carbocycles. The van der Waals surface area contributed by atoms with E-state index in [-0.39, 0.29) is 11.9 Å². The number of amides is 3. The van der Waals surface area contributed by atoms with Crippen molar-refractivity contribution in [1.82, 2.24) is 5.32 Å². The number of nitrogens with zero attached hydrogens (tertiary/aromatic N) is 1. The van der Waals surface area contributed by atoms with Crippen molar-refractivity contribution in [3.8, 4) is 0 Å². The minimum absolute atomic E-state index is 0.231. The molecule has 30 heavy (non-hydrogen) atoms. The average molecular weight is 402 g/mol. The molecule has 0 heterocycles. The lowest BCUT2D eigenvalue weighted by Crippen LogP contribution is -2.28. The van der Waals surface area contributed by atoms with E-state index >= 15 is 0 Å². The number of urea groups is 1. The highest BCUT2D eigenvalue weighted by molar-refractivity contribution is 6.05. The Hall–Kier alpha value is -3.80. The van der Waals surface area contributed by atoms with Gasteiger partial charge in [-0.05, 0) is 54.4 Å². The number of para-hydroxylation sites is 1. The molecular weight excluding hydrogens is 376 g/mol. The van der Waals surface area contributed by atoms with Crippen molar-refractivity contribution in [1.29, 1.82) is 0 Å². The normalized spacial score (nSPS) is 10.2. The lowest BCUT2D eigenvalue weighted by atomic mass is 10.1. The van der Waals surface area contributed by atoms with E-state index < -0.39 is 0 Å². The minimum atomic E-state index is -0.325. The molecule has 0 atom stereocenters. The average Bonchev–Trinajstić information content (AvgIpc) is 2.74. The minimum Gasteiger partial charge on any atom is -0.378 e. The number of anilines is 3. The molecule has 0 bridgehead atoms. The molecule has 0 fully saturated rings. The maximum atomic E-state index is 12.5. The van der Waals surface area contributed by atoms with E-state index in [9.17, 15) is 9.59 Å². The topological polar surface area (TPSA) is 73.5 Å². The van der Waals surface area contributed by atoms with Crippen LogP contribution in [-0.4, -0.2) is 26.0 Å². The zero-order valence-electron chi connectivity index (χ0n) is 17.4. The van der Waals surface area contributed by atoms with Crippen LogP contribution in [0.15, 0.2) is 72.8 Å². The van der Waals surface area contributed by atoms with Gasteiger partial charge in [-0.25, -0.2) is 4.79 Å². The summed E-state index contributed by atoms with van der Waals surface area (Å²) in [5, 5.41) is 8.54. The fourth-order valence-electron chi connectivity index (χ4n) is 2.92. The van der Waals surface area contributed by atoms with E-state index in [2.05, 4.69) is 16.0 Å². The summed E-state index contributed by atoms with van der Waals surface area (Å²) in [5.41, 5.74) is 4.73. The highest BCUT2D eigenvalue weighted by atomic mass is 16.2. The third-order valence-electron chi connectivity index (χ3n) is 4.66. The molecule has 3 N–H and O–H groups in total. The highest BCUT2D eigenvalue weighted by Gasteiger charge is 2.11. The van der Waals surface area contributed by atoms with Crippen molar-refractivity contribution in [3.63, 3.8) is 0 Å². The van der Waals surface area contributed by atoms with Crippen LogP contribution < -0.4 is 20.9 Å². The number of carbonyl (C=O) groups excluding carboxylic acids is 2. The predicted molar refractivity (Wildman–Crippen MR) is 122 cm³/mol. The summed E-state index contributed by atoms with van der Waals surface area (Å²) in [6, 6.07) is 22.1. The molecule has 0 aromatic heterocycles. The zero-order valence-corrected chi connectivity index (χ0v) is 17.4. The van der Waals surface area contributed by atoms with Crippen LogP contribution in [0.2, 0.25) is 0 Å². The lowest BCUT2D eigenvalue weighted by Gasteiger charge is -2.14. The summed E-state index contributed by atoms with van der Waals surface area (Å²) in [4.78, 5) is 26.9. The first kappa shape index (κ1) is 20.9. The first-order valence-electron chi connectivity index (χ1n) is 9.70. The highest BCUT2D eigenvalue weighted by Crippen LogP contribution is 2.18. The van der Waals surface area contributed by atoms with Crippen LogP contribution in [0.25, 0.3) is 0 Å². The molecule has 3 aromatic rings. The molecule has 3 rings (SSSR count). The van der Waals surface area contributed by atoms with E-state index in [1.807, 2.05) is 86.6 Å². The van der Waals surface area contributed by atoms with E-state index in [0.717, 1.165) is 22.5 Å². The van der Waals surface area contributed by atoms with E-state index in [1.54, 1.807) is 12.1 Å². The summed E-state index contributed by atoms with van der Waals surface area (Å²) in [6.45, 7) is 2.29. The fraction of sp³-hybridized carbons (Fsp3) is 0.167. The standard InChI is InChI=1S/C24H26N4O2/c1-17-12-13-19(23(29)26-20-9-5-4-6-10-20)15-22(17)27-24(30)25-16-18-8-7-11-21(14-18)28(2)3/h4-15H,16H2,1-3H3,(H,26,29)(H2,25,27,30). The predicted octanol–water partition coefficient (Wildman–Crippen LogP) is 4.64. The molecule has 0 aliphatic heterocycles. The second-order valence-corrected chi connectivity index (χ2v) is 7.22. The third kappa shape index (κ3) is 5.61. The van der Waals surface area contributed by atoms with Crippen LogP contribution in [0.1, 0.15) is 21.5 Å². The number of nitrogens with one attached hydrogen (secondary N) is 3. The Morgan fingerprint density at radius 3 is 2.37 bits per heavy atom. The Bertz CT molecular complexity index is 1030. The molecule has 6 nitrogen and oxygen atoms in total. The van der Waals surface area contributed by atoms with Gasteiger partial charge in [0.1, 0.15) is 0 Å². The maximum absolute atomic E-state index is 12.5. The number of hydrogen-bond acceptors (Lipinski definition) is 3. The number of benzene rings is 3. The summed E-state index contributed by atoms with van der Waals surface area (Å²) in [5.74, 6) is -0.231. The number of hydrogen-bond donors (Lipinski definition) is 3. The number of carbonyl (C=O) groups is 2. The Morgan fingerprint density at radius 1 is 0.867 bits per heavy atom. The first-order valence-corrected chi connectivity index (χ1v) is 9.70. The molecule has 0 saturated heterocycles. The van der Waals surface area contributed by atoms with E-state index in [1.165, 1.54) is 0 Å². The Labute approximate surface area is 176 Å². The smallest absolute Gasteiger partial charge is 0.319 e. The summed E-state index contributed by atoms with van der Waals surface area (Å²) >= 11 is 0. The van der Waals surface area contributed by atoms with Gasteiger partial charge in [0.25, 0.3) is 5.91 Å². The summed E-state index contributed by atoms with van der Waals surface area (Å²) in [7, 11) is 3.95. The van der Waals surface area contributed by atoms with Gasteiger partial charge in [-0.3, -0.25) is 4.79 Å². The molecule has 6 heteroatoms. The van der Waals surface area contributed by atoms with Crippen molar-refractivity contribution in [2.24, 2.45) is 0 Å². The van der Waals surface area contributed by atoms with Crippen molar-refractivity contribution < 1.29 is 9.59 Å². The van der Waals surface area contributed by atoms with Gasteiger partial charge in [0.2, 0.25) is 0 Å². The van der Waals surface area contributed by atoms with Crippen molar-refractivity contribution in [3.05, 3.63) is 89.5 Å². The van der Waals surface area contributed by atoms with Crippen LogP contribution in [0.4, 0.5) is 21.9 Å². The van der Waals surface area contributed by atoms with Crippen LogP contribution in [0.5, 0.6) is 0 Å². The quantitative estimate of drug-likeness (QED) is 0.563. The van der Waals surface area contributed by atoms with Gasteiger partial charge in [0.15, 0.2) is 0 Å². The van der Waals surface area contributed by atoms with Gasteiger partial charge in [0.05, 0.1) is 0 Å². The number of rotatable bonds is 6. The third-order valence-corrected chi connectivity index (χ3v) is 4.66. The van der Waals surface area contributed by atoms with Crippen molar-refractivity contribution in [2.75, 3.05) is 29.6 Å². The summed E-state index contributed by atoms with van der Waals surface area (Å²) in [6.07, 6.45) is 0. The largest absolute Gasteiger partial charge is 0.378 e. The zero-order chi connectivity index (χ0) is 21.5. The van der Waals surface area contributed by atoms with Crippen LogP contribution in [0.3, 0.4) is 0 Å². The molecule has 0 unspecified atom stereocenters. The van der Waals surface area contributed by atoms with E-state index in [4.69, 9.17) is 0 Å². The molecule has 3 amide bonds. The second kappa shape index (κ2) is 9.60. The van der Waals surface area contributed by atoms with Gasteiger partial charge in [-0.15, -0.1) is 0 Å². The van der Waals surface area contributed by atoms with Gasteiger partial charge in [-0.2, -0.15) is 0 Å². The SMILES string of the molecule is Cc1ccc(C(=O)Nc2ccccc2)cc1NC(=O)NCc1cccc(N(C)C)c1. The van der Waals surface area contributed by atoms with Crippen molar-refractivity contribution >= 4 is 29.0 Å². The lowest BCUT2D eigenvalue weighted by molar-refractivity contribution is 0.102. The molecule has 0 spiro atoms. The monoisotopic (exact) mass is 402 g/mol. The van der Waals surface area contributed by atoms with E-state index in [0.29, 0.717) is 17.8 Å². The molecule has 0 aliphatic carbocycles. The van der Waals surface area contributed by atoms with Crippen LogP contribution >= 0.6 is 0 Å².